The smallest absolute Gasteiger partial charge is 0.492 e. The van der Waals surface area contributed by atoms with Gasteiger partial charge in [0.15, 0.2) is 0 Å². The first-order chi connectivity index (χ1) is 16.3. The average molecular weight is 476 g/mol. The maximum atomic E-state index is 12.7. The van der Waals surface area contributed by atoms with Crippen molar-refractivity contribution in [2.24, 2.45) is 0 Å². The van der Waals surface area contributed by atoms with Gasteiger partial charge in [-0.25, -0.2) is 0 Å². The van der Waals surface area contributed by atoms with E-state index in [2.05, 4.69) is 25.0 Å². The first-order valence-electron chi connectivity index (χ1n) is 10.6. The molecule has 1 saturated heterocycles. The molecular formula is C22H23F3N6O3. The third kappa shape index (κ3) is 6.16. The Morgan fingerprint density at radius 2 is 1.82 bits per heavy atom. The molecule has 4 rings (SSSR count). The summed E-state index contributed by atoms with van der Waals surface area (Å²) in [7, 11) is 0. The van der Waals surface area contributed by atoms with Crippen molar-refractivity contribution in [3.63, 3.8) is 0 Å². The minimum absolute atomic E-state index is 0.0521. The molecular weight excluding hydrogens is 453 g/mol. The van der Waals surface area contributed by atoms with Crippen LogP contribution in [0.3, 0.4) is 0 Å². The molecule has 3 aromatic rings. The molecule has 12 heteroatoms. The van der Waals surface area contributed by atoms with Crippen LogP contribution in [0.5, 0.6) is 11.5 Å². The molecule has 0 aliphatic carbocycles. The number of halogens is 3. The quantitative estimate of drug-likeness (QED) is 0.507. The number of nitrogens with two attached hydrogens (primary N) is 1. The van der Waals surface area contributed by atoms with Crippen molar-refractivity contribution in [1.29, 1.82) is 0 Å². The summed E-state index contributed by atoms with van der Waals surface area (Å²) in [6, 6.07) is 11.7. The van der Waals surface area contributed by atoms with Crippen molar-refractivity contribution < 1.29 is 27.4 Å². The van der Waals surface area contributed by atoms with Crippen molar-refractivity contribution in [1.82, 2.24) is 19.7 Å². The lowest BCUT2D eigenvalue weighted by molar-refractivity contribution is -0.274. The standard InChI is InChI=1S/C22H23F3N6O3/c23-22(24,25)34-18-5-3-4-15(14-18)19(32)31-20(26)28-21(29-31)27-16-6-8-17(9-7-16)33-13-12-30-10-1-2-11-30/h3-9,14H,1-2,10-13H2,(H3,26,27,28,29). The number of nitrogens with zero attached hydrogens (tertiary/aromatic N) is 4. The summed E-state index contributed by atoms with van der Waals surface area (Å²) >= 11 is 0. The Bertz CT molecular complexity index is 1130. The molecule has 2 heterocycles. The van der Waals surface area contributed by atoms with Crippen LogP contribution < -0.4 is 20.5 Å². The molecule has 1 fully saturated rings. The zero-order chi connectivity index (χ0) is 24.1. The van der Waals surface area contributed by atoms with Crippen molar-refractivity contribution in [2.75, 3.05) is 37.3 Å². The van der Waals surface area contributed by atoms with Crippen LogP contribution in [-0.4, -0.2) is 58.2 Å². The molecule has 0 unspecified atom stereocenters. The third-order valence-corrected chi connectivity index (χ3v) is 5.12. The number of nitrogen functional groups attached to an aromatic ring is 1. The summed E-state index contributed by atoms with van der Waals surface area (Å²) in [5.74, 6) is -0.739. The van der Waals surface area contributed by atoms with E-state index in [-0.39, 0.29) is 17.5 Å². The molecule has 34 heavy (non-hydrogen) atoms. The topological polar surface area (TPSA) is 108 Å². The Labute approximate surface area is 193 Å². The fraction of sp³-hybridized carbons (Fsp3) is 0.318. The fourth-order valence-electron chi connectivity index (χ4n) is 3.54. The van der Waals surface area contributed by atoms with E-state index in [4.69, 9.17) is 10.5 Å². The molecule has 1 aliphatic heterocycles. The van der Waals surface area contributed by atoms with Crippen molar-refractivity contribution in [3.8, 4) is 11.5 Å². The second-order valence-corrected chi connectivity index (χ2v) is 7.63. The summed E-state index contributed by atoms with van der Waals surface area (Å²) in [6.07, 6.45) is -2.40. The summed E-state index contributed by atoms with van der Waals surface area (Å²) < 4.78 is 47.8. The third-order valence-electron chi connectivity index (χ3n) is 5.12. The van der Waals surface area contributed by atoms with Crippen LogP contribution in [0.1, 0.15) is 23.2 Å². The highest BCUT2D eigenvalue weighted by atomic mass is 19.4. The number of carbonyl (C=O) groups excluding carboxylic acids is 1. The largest absolute Gasteiger partial charge is 0.573 e. The van der Waals surface area contributed by atoms with Crippen molar-refractivity contribution in [3.05, 3.63) is 54.1 Å². The second-order valence-electron chi connectivity index (χ2n) is 7.63. The number of hydrogen-bond acceptors (Lipinski definition) is 8. The van der Waals surface area contributed by atoms with Gasteiger partial charge >= 0.3 is 6.36 Å². The monoisotopic (exact) mass is 476 g/mol. The molecule has 1 aromatic heterocycles. The first kappa shape index (κ1) is 23.4. The number of benzene rings is 2. The van der Waals surface area contributed by atoms with Gasteiger partial charge < -0.3 is 20.5 Å². The van der Waals surface area contributed by atoms with Gasteiger partial charge in [-0.1, -0.05) is 6.07 Å². The van der Waals surface area contributed by atoms with E-state index in [1.165, 1.54) is 25.0 Å². The normalized spacial score (nSPS) is 14.2. The van der Waals surface area contributed by atoms with Gasteiger partial charge in [0.1, 0.15) is 18.1 Å². The number of anilines is 3. The molecule has 0 spiro atoms. The second kappa shape index (κ2) is 10.00. The zero-order valence-corrected chi connectivity index (χ0v) is 18.1. The van der Waals surface area contributed by atoms with E-state index >= 15 is 0 Å². The lowest BCUT2D eigenvalue weighted by atomic mass is 10.2. The summed E-state index contributed by atoms with van der Waals surface area (Å²) in [5, 5.41) is 6.95. The van der Waals surface area contributed by atoms with Gasteiger partial charge in [0, 0.05) is 17.8 Å². The van der Waals surface area contributed by atoms with Gasteiger partial charge in [-0.15, -0.1) is 18.3 Å². The molecule has 0 amide bonds. The average Bonchev–Trinajstić information content (AvgIpc) is 3.43. The highest BCUT2D eigenvalue weighted by Gasteiger charge is 2.31. The molecule has 0 bridgehead atoms. The lowest BCUT2D eigenvalue weighted by Gasteiger charge is -2.15. The van der Waals surface area contributed by atoms with Gasteiger partial charge in [-0.3, -0.25) is 9.69 Å². The number of aromatic nitrogens is 3. The molecule has 3 N–H and O–H groups in total. The molecule has 180 valence electrons. The van der Waals surface area contributed by atoms with E-state index in [0.717, 1.165) is 42.2 Å². The Morgan fingerprint density at radius 1 is 1.09 bits per heavy atom. The van der Waals surface area contributed by atoms with E-state index in [0.29, 0.717) is 12.3 Å². The number of carbonyl (C=O) groups is 1. The maximum absolute atomic E-state index is 12.7. The van der Waals surface area contributed by atoms with E-state index in [1.807, 2.05) is 0 Å². The fourth-order valence-corrected chi connectivity index (χ4v) is 3.54. The van der Waals surface area contributed by atoms with Crippen LogP contribution in [0.25, 0.3) is 0 Å². The van der Waals surface area contributed by atoms with Gasteiger partial charge in [-0.2, -0.15) is 9.67 Å². The Morgan fingerprint density at radius 3 is 2.53 bits per heavy atom. The minimum atomic E-state index is -4.88. The van der Waals surface area contributed by atoms with Crippen molar-refractivity contribution >= 4 is 23.5 Å². The van der Waals surface area contributed by atoms with Crippen LogP contribution >= 0.6 is 0 Å². The minimum Gasteiger partial charge on any atom is -0.492 e. The molecule has 9 nitrogen and oxygen atoms in total. The van der Waals surface area contributed by atoms with Crippen LogP contribution in [0.2, 0.25) is 0 Å². The molecule has 0 radical (unpaired) electrons. The molecule has 2 aromatic carbocycles. The van der Waals surface area contributed by atoms with Crippen molar-refractivity contribution in [2.45, 2.75) is 19.2 Å². The maximum Gasteiger partial charge on any atom is 0.573 e. The van der Waals surface area contributed by atoms with Gasteiger partial charge in [0.05, 0.1) is 0 Å². The number of likely N-dealkylation sites (tertiary alicyclic amines) is 1. The number of alkyl halides is 3. The van der Waals surface area contributed by atoms with E-state index in [9.17, 15) is 18.0 Å². The Kier molecular flexibility index (Phi) is 6.87. The van der Waals surface area contributed by atoms with E-state index < -0.39 is 18.0 Å². The summed E-state index contributed by atoms with van der Waals surface area (Å²) in [6.45, 7) is 3.72. The van der Waals surface area contributed by atoms with Gasteiger partial charge in [0.25, 0.3) is 5.91 Å². The summed E-state index contributed by atoms with van der Waals surface area (Å²) in [5.41, 5.74) is 6.34. The van der Waals surface area contributed by atoms with Gasteiger partial charge in [0.2, 0.25) is 11.9 Å². The number of rotatable bonds is 8. The predicted molar refractivity (Wildman–Crippen MR) is 118 cm³/mol. The van der Waals surface area contributed by atoms with Gasteiger partial charge in [-0.05, 0) is 68.4 Å². The molecule has 1 aliphatic rings. The highest BCUT2D eigenvalue weighted by molar-refractivity contribution is 5.97. The first-order valence-corrected chi connectivity index (χ1v) is 10.6. The zero-order valence-electron chi connectivity index (χ0n) is 18.1. The van der Waals surface area contributed by atoms with Crippen LogP contribution in [0.4, 0.5) is 30.8 Å². The summed E-state index contributed by atoms with van der Waals surface area (Å²) in [4.78, 5) is 19.1. The molecule has 0 atom stereocenters. The highest BCUT2D eigenvalue weighted by Crippen LogP contribution is 2.24. The van der Waals surface area contributed by atoms with Crippen LogP contribution in [0, 0.1) is 0 Å². The van der Waals surface area contributed by atoms with Crippen LogP contribution in [-0.2, 0) is 0 Å². The SMILES string of the molecule is Nc1nc(Nc2ccc(OCCN3CCCC3)cc2)nn1C(=O)c1cccc(OC(F)(F)F)c1. The number of nitrogens with one attached hydrogen (secondary N) is 1. The Balaban J connectivity index is 1.37. The number of ether oxygens (including phenoxy) is 2. The molecule has 0 saturated carbocycles. The number of hydrogen-bond donors (Lipinski definition) is 2. The Hall–Kier alpha value is -3.80. The predicted octanol–water partition coefficient (Wildman–Crippen LogP) is 3.67. The van der Waals surface area contributed by atoms with Crippen LogP contribution in [0.15, 0.2) is 48.5 Å². The lowest BCUT2D eigenvalue weighted by Crippen LogP contribution is -2.25. The van der Waals surface area contributed by atoms with E-state index in [1.54, 1.807) is 24.3 Å².